The fraction of sp³-hybridized carbons (Fsp3) is 0.333. The van der Waals surface area contributed by atoms with Gasteiger partial charge < -0.3 is 4.74 Å². The summed E-state index contributed by atoms with van der Waals surface area (Å²) < 4.78 is 4.49. The Bertz CT molecular complexity index is 310. The van der Waals surface area contributed by atoms with Crippen molar-refractivity contribution in [3.05, 3.63) is 23.3 Å². The Kier molecular flexibility index (Phi) is 1.57. The van der Waals surface area contributed by atoms with Crippen LogP contribution >= 0.6 is 0 Å². The van der Waals surface area contributed by atoms with Gasteiger partial charge in [-0.2, -0.15) is 0 Å². The second-order valence-corrected chi connectivity index (χ2v) is 2.90. The van der Waals surface area contributed by atoms with Gasteiger partial charge in [0.05, 0.1) is 6.42 Å². The molecule has 3 heteroatoms. The van der Waals surface area contributed by atoms with Crippen LogP contribution in [0, 0.1) is 0 Å². The van der Waals surface area contributed by atoms with E-state index in [-0.39, 0.29) is 6.42 Å². The molecular weight excluding hydrogens is 156 g/mol. The molecule has 0 N–H and O–H groups in total. The molecule has 0 amide bonds. The number of rotatable bonds is 0. The van der Waals surface area contributed by atoms with Gasteiger partial charge in [0.25, 0.3) is 0 Å². The van der Waals surface area contributed by atoms with E-state index >= 15 is 0 Å². The maximum absolute atomic E-state index is 11.1. The molecule has 0 atom stereocenters. The predicted octanol–water partition coefficient (Wildman–Crippen LogP) is 1.11. The number of hydrogen-bond donors (Lipinski definition) is 0. The van der Waals surface area contributed by atoms with Gasteiger partial charge >= 0.3 is 11.9 Å². The van der Waals surface area contributed by atoms with Crippen LogP contribution in [0.25, 0.3) is 0 Å². The van der Waals surface area contributed by atoms with Gasteiger partial charge in [0.2, 0.25) is 0 Å². The van der Waals surface area contributed by atoms with Crippen LogP contribution < -0.4 is 0 Å². The summed E-state index contributed by atoms with van der Waals surface area (Å²) in [5, 5.41) is 0. The van der Waals surface area contributed by atoms with E-state index in [4.69, 9.17) is 0 Å². The number of esters is 2. The molecule has 0 aromatic carbocycles. The van der Waals surface area contributed by atoms with E-state index in [0.717, 1.165) is 12.0 Å². The van der Waals surface area contributed by atoms with Gasteiger partial charge in [-0.3, -0.25) is 4.79 Å². The Hall–Kier alpha value is -1.38. The summed E-state index contributed by atoms with van der Waals surface area (Å²) in [6.07, 6.45) is 5.52. The minimum Gasteiger partial charge on any atom is -0.389 e. The highest BCUT2D eigenvalue weighted by molar-refractivity contribution is 6.01. The average molecular weight is 164 g/mol. The van der Waals surface area contributed by atoms with Gasteiger partial charge in [-0.1, -0.05) is 12.2 Å². The summed E-state index contributed by atoms with van der Waals surface area (Å²) in [7, 11) is 0. The monoisotopic (exact) mass is 164 g/mol. The van der Waals surface area contributed by atoms with E-state index in [1.165, 1.54) is 0 Å². The molecule has 1 aliphatic heterocycles. The third-order valence-corrected chi connectivity index (χ3v) is 2.09. The standard InChI is InChI=1S/C9H8O3/c10-8-5-6-3-1-2-4-7(6)9(11)12-8/h1-2H,3-5H2. The van der Waals surface area contributed by atoms with E-state index in [0.29, 0.717) is 12.0 Å². The zero-order valence-corrected chi connectivity index (χ0v) is 6.50. The highest BCUT2D eigenvalue weighted by Crippen LogP contribution is 2.27. The minimum atomic E-state index is -0.453. The lowest BCUT2D eigenvalue weighted by Crippen LogP contribution is -2.23. The molecule has 0 aromatic heterocycles. The van der Waals surface area contributed by atoms with Gasteiger partial charge in [0.1, 0.15) is 0 Å². The molecule has 62 valence electrons. The topological polar surface area (TPSA) is 43.4 Å². The molecule has 1 heterocycles. The van der Waals surface area contributed by atoms with Crippen LogP contribution in [-0.2, 0) is 14.3 Å². The number of ether oxygens (including phenoxy) is 1. The molecule has 2 aliphatic rings. The Labute approximate surface area is 69.7 Å². The summed E-state index contributed by atoms with van der Waals surface area (Å²) in [5.41, 5.74) is 1.61. The molecule has 1 aliphatic carbocycles. The summed E-state index contributed by atoms with van der Waals surface area (Å²) in [4.78, 5) is 21.9. The first kappa shape index (κ1) is 7.28. The second kappa shape index (κ2) is 2.59. The maximum Gasteiger partial charge on any atom is 0.341 e. The van der Waals surface area contributed by atoms with Crippen LogP contribution in [-0.4, -0.2) is 11.9 Å². The maximum atomic E-state index is 11.1. The molecule has 0 radical (unpaired) electrons. The van der Waals surface area contributed by atoms with E-state index in [9.17, 15) is 9.59 Å². The van der Waals surface area contributed by atoms with E-state index in [1.807, 2.05) is 12.2 Å². The van der Waals surface area contributed by atoms with Crippen LogP contribution in [0.4, 0.5) is 0 Å². The average Bonchev–Trinajstić information content (AvgIpc) is 2.04. The van der Waals surface area contributed by atoms with Crippen molar-refractivity contribution in [3.8, 4) is 0 Å². The lowest BCUT2D eigenvalue weighted by molar-refractivity contribution is -0.157. The number of cyclic esters (lactones) is 2. The number of carbonyl (C=O) groups excluding carboxylic acids is 2. The third-order valence-electron chi connectivity index (χ3n) is 2.09. The molecule has 0 spiro atoms. The molecule has 0 aromatic rings. The fourth-order valence-corrected chi connectivity index (χ4v) is 1.48. The predicted molar refractivity (Wildman–Crippen MR) is 41.1 cm³/mol. The molecule has 0 unspecified atom stereocenters. The van der Waals surface area contributed by atoms with Crippen molar-refractivity contribution in [2.24, 2.45) is 0 Å². The van der Waals surface area contributed by atoms with Crippen LogP contribution in [0.2, 0.25) is 0 Å². The zero-order valence-electron chi connectivity index (χ0n) is 6.50. The number of allylic oxidation sites excluding steroid dienone is 2. The highest BCUT2D eigenvalue weighted by atomic mass is 16.6. The largest absolute Gasteiger partial charge is 0.389 e. The highest BCUT2D eigenvalue weighted by Gasteiger charge is 2.27. The zero-order chi connectivity index (χ0) is 8.55. The van der Waals surface area contributed by atoms with Gasteiger partial charge in [0, 0.05) is 5.57 Å². The molecule has 0 saturated heterocycles. The van der Waals surface area contributed by atoms with Crippen molar-refractivity contribution in [1.29, 1.82) is 0 Å². The molecule has 12 heavy (non-hydrogen) atoms. The third kappa shape index (κ3) is 1.07. The number of hydrogen-bond acceptors (Lipinski definition) is 3. The number of carbonyl (C=O) groups is 2. The van der Waals surface area contributed by atoms with Gasteiger partial charge in [-0.15, -0.1) is 0 Å². The van der Waals surface area contributed by atoms with Crippen molar-refractivity contribution in [3.63, 3.8) is 0 Å². The normalized spacial score (nSPS) is 22.3. The Morgan fingerprint density at radius 2 is 1.92 bits per heavy atom. The summed E-state index contributed by atoms with van der Waals surface area (Å²) in [5.74, 6) is -0.875. The lowest BCUT2D eigenvalue weighted by Gasteiger charge is -2.18. The summed E-state index contributed by atoms with van der Waals surface area (Å²) in [6, 6.07) is 0. The summed E-state index contributed by atoms with van der Waals surface area (Å²) in [6.45, 7) is 0. The SMILES string of the molecule is O=C1CC2=C(CC=CC2)C(=O)O1. The molecule has 0 fully saturated rings. The summed E-state index contributed by atoms with van der Waals surface area (Å²) >= 11 is 0. The molecule has 2 rings (SSSR count). The Morgan fingerprint density at radius 1 is 1.17 bits per heavy atom. The van der Waals surface area contributed by atoms with E-state index in [2.05, 4.69) is 4.74 Å². The fourth-order valence-electron chi connectivity index (χ4n) is 1.48. The molecule has 0 saturated carbocycles. The van der Waals surface area contributed by atoms with Crippen molar-refractivity contribution in [2.75, 3.05) is 0 Å². The van der Waals surface area contributed by atoms with E-state index in [1.54, 1.807) is 0 Å². The Morgan fingerprint density at radius 3 is 2.75 bits per heavy atom. The van der Waals surface area contributed by atoms with Crippen molar-refractivity contribution < 1.29 is 14.3 Å². The van der Waals surface area contributed by atoms with Crippen molar-refractivity contribution in [2.45, 2.75) is 19.3 Å². The second-order valence-electron chi connectivity index (χ2n) is 2.90. The van der Waals surface area contributed by atoms with Crippen molar-refractivity contribution in [1.82, 2.24) is 0 Å². The van der Waals surface area contributed by atoms with Crippen LogP contribution in [0.1, 0.15) is 19.3 Å². The smallest absolute Gasteiger partial charge is 0.341 e. The van der Waals surface area contributed by atoms with Gasteiger partial charge in [0.15, 0.2) is 0 Å². The quantitative estimate of drug-likeness (QED) is 0.306. The van der Waals surface area contributed by atoms with Crippen LogP contribution in [0.15, 0.2) is 23.3 Å². The van der Waals surface area contributed by atoms with Gasteiger partial charge in [-0.05, 0) is 18.4 Å². The molecule has 0 bridgehead atoms. The minimum absolute atomic E-state index is 0.283. The Balaban J connectivity index is 2.34. The van der Waals surface area contributed by atoms with Gasteiger partial charge in [-0.25, -0.2) is 4.79 Å². The first-order chi connectivity index (χ1) is 5.77. The van der Waals surface area contributed by atoms with Crippen molar-refractivity contribution >= 4 is 11.9 Å². The first-order valence-electron chi connectivity index (χ1n) is 3.88. The molecular formula is C9H8O3. The van der Waals surface area contributed by atoms with Crippen LogP contribution in [0.5, 0.6) is 0 Å². The van der Waals surface area contributed by atoms with Crippen LogP contribution in [0.3, 0.4) is 0 Å². The lowest BCUT2D eigenvalue weighted by atomic mass is 9.93. The first-order valence-corrected chi connectivity index (χ1v) is 3.88. The molecule has 3 nitrogen and oxygen atoms in total. The van der Waals surface area contributed by atoms with E-state index < -0.39 is 11.9 Å².